The van der Waals surface area contributed by atoms with Gasteiger partial charge in [-0.15, -0.1) is 0 Å². The van der Waals surface area contributed by atoms with Gasteiger partial charge in [0.1, 0.15) is 11.5 Å². The van der Waals surface area contributed by atoms with E-state index in [0.29, 0.717) is 37.6 Å². The van der Waals surface area contributed by atoms with Crippen molar-refractivity contribution in [2.24, 2.45) is 0 Å². The highest BCUT2D eigenvalue weighted by Crippen LogP contribution is 2.14. The number of aromatic nitrogens is 1. The normalized spacial score (nSPS) is 14.7. The number of nitrogens with zero attached hydrogens (tertiary/aromatic N) is 3. The van der Waals surface area contributed by atoms with Crippen LogP contribution in [0.1, 0.15) is 10.5 Å². The summed E-state index contributed by atoms with van der Waals surface area (Å²) in [5, 5.41) is 3.76. The number of para-hydroxylation sites is 1. The molecule has 0 bridgehead atoms. The summed E-state index contributed by atoms with van der Waals surface area (Å²) in [5.41, 5.74) is 1.80. The second-order valence-corrected chi connectivity index (χ2v) is 7.01. The fraction of sp³-hybridized carbons (Fsp3) is 0.227. The smallest absolute Gasteiger partial charge is 0.272 e. The van der Waals surface area contributed by atoms with Crippen LogP contribution in [0.3, 0.4) is 0 Å². The van der Waals surface area contributed by atoms with Gasteiger partial charge in [-0.2, -0.15) is 0 Å². The molecule has 7 heteroatoms. The summed E-state index contributed by atoms with van der Waals surface area (Å²) in [4.78, 5) is 33.2. The molecule has 2 amide bonds. The van der Waals surface area contributed by atoms with Crippen LogP contribution in [0.25, 0.3) is 10.9 Å². The number of benzene rings is 2. The Hall–Kier alpha value is -3.32. The number of halogens is 1. The first-order valence-electron chi connectivity index (χ1n) is 9.51. The molecule has 0 radical (unpaired) electrons. The standard InChI is InChI=1S/C22H21FN4O2/c23-17-6-8-18(9-7-17)24-21(28)15-26-11-13-27(14-12-26)22(29)20-10-5-16-3-1-2-4-19(16)25-20/h1-10H,11-15H2,(H,24,28). The highest BCUT2D eigenvalue weighted by Gasteiger charge is 2.24. The molecule has 0 spiro atoms. The molecular formula is C22H21FN4O2. The molecule has 1 aromatic heterocycles. The number of pyridine rings is 1. The van der Waals surface area contributed by atoms with E-state index in [1.165, 1.54) is 24.3 Å². The van der Waals surface area contributed by atoms with Crippen molar-refractivity contribution in [1.29, 1.82) is 0 Å². The number of carbonyl (C=O) groups is 2. The molecule has 0 saturated carbocycles. The van der Waals surface area contributed by atoms with Gasteiger partial charge >= 0.3 is 0 Å². The molecule has 2 aromatic carbocycles. The summed E-state index contributed by atoms with van der Waals surface area (Å²) in [6.07, 6.45) is 0. The van der Waals surface area contributed by atoms with Gasteiger partial charge in [-0.1, -0.05) is 24.3 Å². The highest BCUT2D eigenvalue weighted by atomic mass is 19.1. The van der Waals surface area contributed by atoms with Gasteiger partial charge in [-0.05, 0) is 36.4 Å². The Morgan fingerprint density at radius 2 is 1.66 bits per heavy atom. The molecule has 148 valence electrons. The second-order valence-electron chi connectivity index (χ2n) is 7.01. The molecule has 0 aliphatic carbocycles. The van der Waals surface area contributed by atoms with Crippen molar-refractivity contribution in [2.45, 2.75) is 0 Å². The van der Waals surface area contributed by atoms with Gasteiger partial charge in [-0.3, -0.25) is 14.5 Å². The quantitative estimate of drug-likeness (QED) is 0.742. The number of carbonyl (C=O) groups excluding carboxylic acids is 2. The summed E-state index contributed by atoms with van der Waals surface area (Å²) in [6, 6.07) is 17.0. The van der Waals surface area contributed by atoms with Crippen LogP contribution in [-0.4, -0.2) is 59.3 Å². The van der Waals surface area contributed by atoms with Crippen molar-refractivity contribution < 1.29 is 14.0 Å². The Morgan fingerprint density at radius 3 is 2.41 bits per heavy atom. The average Bonchev–Trinajstić information content (AvgIpc) is 2.75. The van der Waals surface area contributed by atoms with E-state index in [9.17, 15) is 14.0 Å². The number of nitrogens with one attached hydrogen (secondary N) is 1. The lowest BCUT2D eigenvalue weighted by atomic mass is 10.2. The summed E-state index contributed by atoms with van der Waals surface area (Å²) in [7, 11) is 0. The van der Waals surface area contributed by atoms with E-state index in [1.54, 1.807) is 11.0 Å². The van der Waals surface area contributed by atoms with Crippen LogP contribution >= 0.6 is 0 Å². The predicted octanol–water partition coefficient (Wildman–Crippen LogP) is 2.77. The van der Waals surface area contributed by atoms with Gasteiger partial charge in [0.2, 0.25) is 5.91 Å². The van der Waals surface area contributed by atoms with Crippen LogP contribution < -0.4 is 5.32 Å². The molecule has 0 unspecified atom stereocenters. The Bertz CT molecular complexity index is 1030. The van der Waals surface area contributed by atoms with E-state index in [0.717, 1.165) is 10.9 Å². The lowest BCUT2D eigenvalue weighted by Crippen LogP contribution is -2.50. The highest BCUT2D eigenvalue weighted by molar-refractivity contribution is 5.95. The Labute approximate surface area is 167 Å². The van der Waals surface area contributed by atoms with Crippen molar-refractivity contribution in [3.63, 3.8) is 0 Å². The number of fused-ring (bicyclic) bond motifs is 1. The van der Waals surface area contributed by atoms with Gasteiger partial charge in [0.05, 0.1) is 12.1 Å². The fourth-order valence-corrected chi connectivity index (χ4v) is 3.39. The van der Waals surface area contributed by atoms with E-state index in [-0.39, 0.29) is 24.2 Å². The third-order valence-electron chi connectivity index (χ3n) is 4.97. The summed E-state index contributed by atoms with van der Waals surface area (Å²) in [6.45, 7) is 2.52. The first-order valence-corrected chi connectivity index (χ1v) is 9.51. The lowest BCUT2D eigenvalue weighted by Gasteiger charge is -2.34. The lowest BCUT2D eigenvalue weighted by molar-refractivity contribution is -0.117. The molecule has 29 heavy (non-hydrogen) atoms. The predicted molar refractivity (Wildman–Crippen MR) is 109 cm³/mol. The average molecular weight is 392 g/mol. The monoisotopic (exact) mass is 392 g/mol. The Kier molecular flexibility index (Phi) is 5.48. The number of piperazine rings is 1. The van der Waals surface area contributed by atoms with Crippen molar-refractivity contribution in [3.05, 3.63) is 72.2 Å². The van der Waals surface area contributed by atoms with Gasteiger partial charge in [-0.25, -0.2) is 9.37 Å². The molecule has 0 atom stereocenters. The van der Waals surface area contributed by atoms with Crippen LogP contribution in [0, 0.1) is 5.82 Å². The molecule has 1 N–H and O–H groups in total. The van der Waals surface area contributed by atoms with E-state index in [1.807, 2.05) is 35.2 Å². The van der Waals surface area contributed by atoms with E-state index >= 15 is 0 Å². The molecular weight excluding hydrogens is 371 g/mol. The Morgan fingerprint density at radius 1 is 0.931 bits per heavy atom. The van der Waals surface area contributed by atoms with Crippen LogP contribution in [0.15, 0.2) is 60.7 Å². The molecule has 1 aliphatic rings. The van der Waals surface area contributed by atoms with Gasteiger partial charge in [0, 0.05) is 37.3 Å². The molecule has 1 aliphatic heterocycles. The van der Waals surface area contributed by atoms with Crippen LogP contribution in [-0.2, 0) is 4.79 Å². The molecule has 3 aromatic rings. The molecule has 6 nitrogen and oxygen atoms in total. The zero-order valence-corrected chi connectivity index (χ0v) is 15.8. The van der Waals surface area contributed by atoms with Crippen LogP contribution in [0.5, 0.6) is 0 Å². The van der Waals surface area contributed by atoms with Gasteiger partial charge in [0.25, 0.3) is 5.91 Å². The number of rotatable bonds is 4. The summed E-state index contributed by atoms with van der Waals surface area (Å²) < 4.78 is 12.9. The minimum absolute atomic E-state index is 0.0915. The molecule has 1 fully saturated rings. The zero-order chi connectivity index (χ0) is 20.2. The minimum Gasteiger partial charge on any atom is -0.335 e. The number of amides is 2. The number of hydrogen-bond acceptors (Lipinski definition) is 4. The van der Waals surface area contributed by atoms with Crippen LogP contribution in [0.4, 0.5) is 10.1 Å². The van der Waals surface area contributed by atoms with Gasteiger partial charge < -0.3 is 10.2 Å². The maximum absolute atomic E-state index is 12.9. The third-order valence-corrected chi connectivity index (χ3v) is 4.97. The Balaban J connectivity index is 1.30. The topological polar surface area (TPSA) is 65.5 Å². The first kappa shape index (κ1) is 19.0. The molecule has 1 saturated heterocycles. The summed E-state index contributed by atoms with van der Waals surface area (Å²) >= 11 is 0. The first-order chi connectivity index (χ1) is 14.1. The minimum atomic E-state index is -0.343. The van der Waals surface area contributed by atoms with E-state index in [2.05, 4.69) is 10.3 Å². The van der Waals surface area contributed by atoms with E-state index < -0.39 is 0 Å². The van der Waals surface area contributed by atoms with Crippen molar-refractivity contribution in [2.75, 3.05) is 38.0 Å². The van der Waals surface area contributed by atoms with Crippen molar-refractivity contribution >= 4 is 28.4 Å². The maximum Gasteiger partial charge on any atom is 0.272 e. The molecule has 2 heterocycles. The largest absolute Gasteiger partial charge is 0.335 e. The van der Waals surface area contributed by atoms with Crippen LogP contribution in [0.2, 0.25) is 0 Å². The third kappa shape index (κ3) is 4.57. The van der Waals surface area contributed by atoms with Crippen molar-refractivity contribution in [1.82, 2.24) is 14.8 Å². The van der Waals surface area contributed by atoms with Gasteiger partial charge in [0.15, 0.2) is 0 Å². The number of hydrogen-bond donors (Lipinski definition) is 1. The molecule has 4 rings (SSSR count). The van der Waals surface area contributed by atoms with Crippen molar-refractivity contribution in [3.8, 4) is 0 Å². The number of anilines is 1. The SMILES string of the molecule is O=C(CN1CCN(C(=O)c2ccc3ccccc3n2)CC1)Nc1ccc(F)cc1. The maximum atomic E-state index is 12.9. The van der Waals surface area contributed by atoms with E-state index in [4.69, 9.17) is 0 Å². The zero-order valence-electron chi connectivity index (χ0n) is 15.8. The fourth-order valence-electron chi connectivity index (χ4n) is 3.39. The summed E-state index contributed by atoms with van der Waals surface area (Å²) in [5.74, 6) is -0.594. The second kappa shape index (κ2) is 8.36.